The van der Waals surface area contributed by atoms with Gasteiger partial charge in [0.1, 0.15) is 0 Å². The maximum absolute atomic E-state index is 5.76. The fourth-order valence-electron chi connectivity index (χ4n) is 1.14. The molecule has 1 aromatic carbocycles. The Kier molecular flexibility index (Phi) is 1.88. The van der Waals surface area contributed by atoms with Crippen LogP contribution in [0.1, 0.15) is 0 Å². The molecule has 0 aliphatic heterocycles. The quantitative estimate of drug-likeness (QED) is 0.688. The number of hydrogen-bond acceptors (Lipinski definition) is 0. The SMILES string of the molecule is Clc1ccc(-c2ccc[nH]2)cc1. The summed E-state index contributed by atoms with van der Waals surface area (Å²) >= 11 is 5.76. The average molecular weight is 178 g/mol. The van der Waals surface area contributed by atoms with E-state index >= 15 is 0 Å². The Hall–Kier alpha value is -1.21. The highest BCUT2D eigenvalue weighted by atomic mass is 35.5. The van der Waals surface area contributed by atoms with Crippen LogP contribution in [0.3, 0.4) is 0 Å². The maximum Gasteiger partial charge on any atom is 0.0453 e. The van der Waals surface area contributed by atoms with Crippen molar-refractivity contribution in [3.8, 4) is 11.3 Å². The van der Waals surface area contributed by atoms with Crippen molar-refractivity contribution in [3.63, 3.8) is 0 Å². The molecule has 0 fully saturated rings. The van der Waals surface area contributed by atoms with Crippen molar-refractivity contribution >= 4 is 11.6 Å². The fourth-order valence-corrected chi connectivity index (χ4v) is 1.27. The number of aromatic amines is 1. The molecule has 0 radical (unpaired) electrons. The molecule has 0 saturated heterocycles. The standard InChI is InChI=1S/C10H8ClN/c11-9-5-3-8(4-6-9)10-2-1-7-12-10/h1-7,12H. The molecule has 0 aliphatic carbocycles. The number of rotatable bonds is 1. The van der Waals surface area contributed by atoms with Gasteiger partial charge >= 0.3 is 0 Å². The van der Waals surface area contributed by atoms with Gasteiger partial charge in [0.2, 0.25) is 0 Å². The first-order valence-electron chi connectivity index (χ1n) is 3.75. The maximum atomic E-state index is 5.76. The summed E-state index contributed by atoms with van der Waals surface area (Å²) in [6.07, 6.45) is 1.91. The lowest BCUT2D eigenvalue weighted by molar-refractivity contribution is 1.40. The van der Waals surface area contributed by atoms with Gasteiger partial charge in [-0.25, -0.2) is 0 Å². The lowest BCUT2D eigenvalue weighted by atomic mass is 10.2. The number of H-pyrrole nitrogens is 1. The van der Waals surface area contributed by atoms with Crippen molar-refractivity contribution < 1.29 is 0 Å². The van der Waals surface area contributed by atoms with Crippen molar-refractivity contribution in [2.45, 2.75) is 0 Å². The molecule has 2 aromatic rings. The molecule has 0 saturated carbocycles. The van der Waals surface area contributed by atoms with Crippen molar-refractivity contribution in [2.75, 3.05) is 0 Å². The van der Waals surface area contributed by atoms with E-state index in [2.05, 4.69) is 4.98 Å². The van der Waals surface area contributed by atoms with Crippen molar-refractivity contribution in [1.29, 1.82) is 0 Å². The molecule has 1 N–H and O–H groups in total. The number of halogens is 1. The lowest BCUT2D eigenvalue weighted by Crippen LogP contribution is -1.74. The molecule has 0 atom stereocenters. The molecule has 60 valence electrons. The van der Waals surface area contributed by atoms with Crippen LogP contribution in [0.2, 0.25) is 5.02 Å². The molecular weight excluding hydrogens is 170 g/mol. The molecule has 1 nitrogen and oxygen atoms in total. The van der Waals surface area contributed by atoms with Crippen molar-refractivity contribution in [2.24, 2.45) is 0 Å². The minimum atomic E-state index is 0.769. The Labute approximate surface area is 76.0 Å². The zero-order chi connectivity index (χ0) is 8.39. The second kappa shape index (κ2) is 3.03. The Morgan fingerprint density at radius 2 is 1.75 bits per heavy atom. The van der Waals surface area contributed by atoms with E-state index in [1.807, 2.05) is 42.6 Å². The van der Waals surface area contributed by atoms with Gasteiger partial charge < -0.3 is 4.98 Å². The Balaban J connectivity index is 2.43. The average Bonchev–Trinajstić information content (AvgIpc) is 2.58. The lowest BCUT2D eigenvalue weighted by Gasteiger charge is -1.96. The highest BCUT2D eigenvalue weighted by Crippen LogP contribution is 2.18. The van der Waals surface area contributed by atoms with E-state index in [4.69, 9.17) is 11.6 Å². The van der Waals surface area contributed by atoms with E-state index in [-0.39, 0.29) is 0 Å². The van der Waals surface area contributed by atoms with Gasteiger partial charge in [-0.1, -0.05) is 23.7 Å². The van der Waals surface area contributed by atoms with Gasteiger partial charge in [-0.15, -0.1) is 0 Å². The summed E-state index contributed by atoms with van der Waals surface area (Å²) < 4.78 is 0. The molecule has 12 heavy (non-hydrogen) atoms. The highest BCUT2D eigenvalue weighted by Gasteiger charge is 1.95. The predicted molar refractivity (Wildman–Crippen MR) is 51.2 cm³/mol. The molecule has 0 bridgehead atoms. The van der Waals surface area contributed by atoms with Crippen LogP contribution in [0.4, 0.5) is 0 Å². The van der Waals surface area contributed by atoms with Gasteiger partial charge in [-0.3, -0.25) is 0 Å². The van der Waals surface area contributed by atoms with E-state index in [0.717, 1.165) is 16.3 Å². The third-order valence-electron chi connectivity index (χ3n) is 1.75. The third kappa shape index (κ3) is 1.36. The highest BCUT2D eigenvalue weighted by molar-refractivity contribution is 6.30. The summed E-state index contributed by atoms with van der Waals surface area (Å²) in [5.74, 6) is 0. The monoisotopic (exact) mass is 177 g/mol. The van der Waals surface area contributed by atoms with Gasteiger partial charge in [-0.2, -0.15) is 0 Å². The van der Waals surface area contributed by atoms with Crippen LogP contribution in [0.25, 0.3) is 11.3 Å². The molecule has 1 heterocycles. The molecule has 0 unspecified atom stereocenters. The smallest absolute Gasteiger partial charge is 0.0453 e. The second-order valence-electron chi connectivity index (χ2n) is 2.59. The first-order valence-corrected chi connectivity index (χ1v) is 4.13. The van der Waals surface area contributed by atoms with Crippen molar-refractivity contribution in [3.05, 3.63) is 47.6 Å². The van der Waals surface area contributed by atoms with Gasteiger partial charge in [0.05, 0.1) is 0 Å². The van der Waals surface area contributed by atoms with Gasteiger partial charge in [0.15, 0.2) is 0 Å². The minimum absolute atomic E-state index is 0.769. The zero-order valence-corrected chi connectivity index (χ0v) is 7.18. The second-order valence-corrected chi connectivity index (χ2v) is 3.03. The molecule has 2 heteroatoms. The fraction of sp³-hybridized carbons (Fsp3) is 0. The molecule has 0 aliphatic rings. The number of nitrogens with one attached hydrogen (secondary N) is 1. The molecule has 0 amide bonds. The van der Waals surface area contributed by atoms with Crippen LogP contribution in [0, 0.1) is 0 Å². The Morgan fingerprint density at radius 3 is 2.33 bits per heavy atom. The Morgan fingerprint density at radius 1 is 1.00 bits per heavy atom. The van der Waals surface area contributed by atoms with Gasteiger partial charge in [0.25, 0.3) is 0 Å². The summed E-state index contributed by atoms with van der Waals surface area (Å²) in [5, 5.41) is 0.769. The van der Waals surface area contributed by atoms with E-state index in [0.29, 0.717) is 0 Å². The first kappa shape index (κ1) is 7.44. The first-order chi connectivity index (χ1) is 5.86. The molecule has 2 rings (SSSR count). The summed E-state index contributed by atoms with van der Waals surface area (Å²) in [6.45, 7) is 0. The van der Waals surface area contributed by atoms with E-state index in [1.54, 1.807) is 0 Å². The molecule has 0 spiro atoms. The number of benzene rings is 1. The van der Waals surface area contributed by atoms with Crippen molar-refractivity contribution in [1.82, 2.24) is 4.98 Å². The topological polar surface area (TPSA) is 15.8 Å². The van der Waals surface area contributed by atoms with Gasteiger partial charge in [-0.05, 0) is 29.8 Å². The van der Waals surface area contributed by atoms with Crippen LogP contribution in [-0.2, 0) is 0 Å². The van der Waals surface area contributed by atoms with E-state index in [9.17, 15) is 0 Å². The van der Waals surface area contributed by atoms with Crippen LogP contribution in [0.5, 0.6) is 0 Å². The van der Waals surface area contributed by atoms with Crippen LogP contribution < -0.4 is 0 Å². The van der Waals surface area contributed by atoms with Gasteiger partial charge in [0, 0.05) is 16.9 Å². The number of hydrogen-bond donors (Lipinski definition) is 1. The third-order valence-corrected chi connectivity index (χ3v) is 2.01. The van der Waals surface area contributed by atoms with Crippen LogP contribution >= 0.6 is 11.6 Å². The predicted octanol–water partition coefficient (Wildman–Crippen LogP) is 3.34. The molecular formula is C10H8ClN. The largest absolute Gasteiger partial charge is 0.361 e. The molecule has 1 aromatic heterocycles. The Bertz CT molecular complexity index is 348. The zero-order valence-electron chi connectivity index (χ0n) is 6.42. The van der Waals surface area contributed by atoms with Crippen LogP contribution in [-0.4, -0.2) is 4.98 Å². The summed E-state index contributed by atoms with van der Waals surface area (Å²) in [7, 11) is 0. The minimum Gasteiger partial charge on any atom is -0.361 e. The summed E-state index contributed by atoms with van der Waals surface area (Å²) in [5.41, 5.74) is 2.27. The number of aromatic nitrogens is 1. The summed E-state index contributed by atoms with van der Waals surface area (Å²) in [4.78, 5) is 3.13. The summed E-state index contributed by atoms with van der Waals surface area (Å²) in [6, 6.07) is 11.8. The van der Waals surface area contributed by atoms with Crippen LogP contribution in [0.15, 0.2) is 42.6 Å². The van der Waals surface area contributed by atoms with E-state index < -0.39 is 0 Å². The van der Waals surface area contributed by atoms with E-state index in [1.165, 1.54) is 0 Å². The normalized spacial score (nSPS) is 10.1.